The molecule has 0 N–H and O–H groups in total. The molecule has 3 aromatic carbocycles. The molecule has 0 spiro atoms. The lowest BCUT2D eigenvalue weighted by Crippen LogP contribution is -1.99. The van der Waals surface area contributed by atoms with Crippen LogP contribution in [0.25, 0.3) is 44.4 Å². The van der Waals surface area contributed by atoms with E-state index in [9.17, 15) is 9.59 Å². The predicted molar refractivity (Wildman–Crippen MR) is 153 cm³/mol. The van der Waals surface area contributed by atoms with Crippen LogP contribution in [0.15, 0.2) is 164 Å². The Kier molecular flexibility index (Phi) is 7.52. The Balaban J connectivity index is 0.000000122. The second-order valence-electron chi connectivity index (χ2n) is 8.48. The van der Waals surface area contributed by atoms with Crippen molar-refractivity contribution in [2.24, 2.45) is 0 Å². The van der Waals surface area contributed by atoms with Crippen molar-refractivity contribution in [3.8, 4) is 22.5 Å². The molecule has 0 saturated carbocycles. The SMILES string of the molecule is O=c1cc(-c2ccccc2)oc2ccccc12.O=c1ccc2ccccc2o1.c1ccc2cccc-2cc1. The van der Waals surface area contributed by atoms with Gasteiger partial charge in [0.1, 0.15) is 16.9 Å². The number of hydrogen-bond donors (Lipinski definition) is 0. The van der Waals surface area contributed by atoms with Gasteiger partial charge in [0, 0.05) is 23.1 Å². The Morgan fingerprint density at radius 2 is 0.974 bits per heavy atom. The van der Waals surface area contributed by atoms with Crippen LogP contribution in [0.3, 0.4) is 0 Å². The van der Waals surface area contributed by atoms with Gasteiger partial charge in [-0.2, -0.15) is 0 Å². The summed E-state index contributed by atoms with van der Waals surface area (Å²) in [4.78, 5) is 22.6. The van der Waals surface area contributed by atoms with Crippen LogP contribution in [0.2, 0.25) is 0 Å². The number of benzene rings is 3. The highest BCUT2D eigenvalue weighted by Crippen LogP contribution is 2.21. The van der Waals surface area contributed by atoms with Gasteiger partial charge in [0.25, 0.3) is 0 Å². The summed E-state index contributed by atoms with van der Waals surface area (Å²) in [5, 5.41) is 1.57. The van der Waals surface area contributed by atoms with Crippen molar-refractivity contribution in [3.63, 3.8) is 0 Å². The van der Waals surface area contributed by atoms with Crippen molar-refractivity contribution in [2.75, 3.05) is 0 Å². The molecule has 184 valence electrons. The Bertz CT molecular complexity index is 1840. The lowest BCUT2D eigenvalue weighted by Gasteiger charge is -2.02. The maximum atomic E-state index is 11.9. The van der Waals surface area contributed by atoms with E-state index >= 15 is 0 Å². The van der Waals surface area contributed by atoms with E-state index in [0.717, 1.165) is 10.9 Å². The summed E-state index contributed by atoms with van der Waals surface area (Å²) in [6.45, 7) is 0. The van der Waals surface area contributed by atoms with Crippen molar-refractivity contribution in [1.29, 1.82) is 0 Å². The quantitative estimate of drug-likeness (QED) is 0.216. The molecule has 0 radical (unpaired) electrons. The van der Waals surface area contributed by atoms with Crippen LogP contribution in [-0.2, 0) is 0 Å². The van der Waals surface area contributed by atoms with Gasteiger partial charge in [0.05, 0.1) is 5.39 Å². The van der Waals surface area contributed by atoms with Gasteiger partial charge in [-0.3, -0.25) is 4.79 Å². The lowest BCUT2D eigenvalue weighted by atomic mass is 10.1. The van der Waals surface area contributed by atoms with E-state index in [2.05, 4.69) is 42.5 Å². The van der Waals surface area contributed by atoms with Crippen LogP contribution in [0.4, 0.5) is 0 Å². The molecule has 0 bridgehead atoms. The molecule has 5 aromatic rings. The Morgan fingerprint density at radius 3 is 1.68 bits per heavy atom. The maximum absolute atomic E-state index is 11.9. The largest absolute Gasteiger partial charge is 0.456 e. The first-order chi connectivity index (χ1) is 18.7. The topological polar surface area (TPSA) is 60.4 Å². The van der Waals surface area contributed by atoms with Crippen LogP contribution in [0.1, 0.15) is 0 Å². The zero-order valence-corrected chi connectivity index (χ0v) is 20.5. The third-order valence-electron chi connectivity index (χ3n) is 5.88. The Morgan fingerprint density at radius 1 is 0.421 bits per heavy atom. The number of hydrogen-bond acceptors (Lipinski definition) is 4. The lowest BCUT2D eigenvalue weighted by molar-refractivity contribution is 0.561. The molecule has 2 aliphatic rings. The fraction of sp³-hybridized carbons (Fsp3) is 0. The van der Waals surface area contributed by atoms with E-state index in [1.54, 1.807) is 18.2 Å². The molecule has 2 aliphatic carbocycles. The highest BCUT2D eigenvalue weighted by atomic mass is 16.4. The molecular formula is C34H24O4. The molecule has 0 aliphatic heterocycles. The molecule has 38 heavy (non-hydrogen) atoms. The minimum atomic E-state index is -0.302. The normalized spacial score (nSPS) is 10.3. The van der Waals surface area contributed by atoms with Crippen molar-refractivity contribution in [2.45, 2.75) is 0 Å². The molecule has 0 fully saturated rings. The second-order valence-corrected chi connectivity index (χ2v) is 8.48. The third-order valence-corrected chi connectivity index (χ3v) is 5.88. The van der Waals surface area contributed by atoms with E-state index in [1.807, 2.05) is 72.8 Å². The molecule has 7 rings (SSSR count). The van der Waals surface area contributed by atoms with Crippen molar-refractivity contribution < 1.29 is 8.83 Å². The third kappa shape index (κ3) is 5.94. The first-order valence-electron chi connectivity index (χ1n) is 12.2. The highest BCUT2D eigenvalue weighted by Gasteiger charge is 2.05. The molecule has 0 unspecified atom stereocenters. The van der Waals surface area contributed by atoms with E-state index in [1.165, 1.54) is 23.3 Å². The zero-order valence-electron chi connectivity index (χ0n) is 20.5. The van der Waals surface area contributed by atoms with E-state index in [-0.39, 0.29) is 11.1 Å². The fourth-order valence-electron chi connectivity index (χ4n) is 3.99. The van der Waals surface area contributed by atoms with Gasteiger partial charge in [0.15, 0.2) is 5.43 Å². The molecule has 0 amide bonds. The standard InChI is InChI=1S/C15H10O2.C10H8.C9H6O2/c16-13-10-15(11-6-2-1-3-7-11)17-14-9-5-4-8-12(13)14;1-2-5-9-7-4-8-10(9)6-3-1;10-9-6-5-7-3-1-2-4-8(7)11-9/h1-10H;1-8H;1-6H. The minimum Gasteiger partial charge on any atom is -0.456 e. The van der Waals surface area contributed by atoms with E-state index in [0.29, 0.717) is 22.3 Å². The summed E-state index contributed by atoms with van der Waals surface area (Å²) >= 11 is 0. The predicted octanol–water partition coefficient (Wildman–Crippen LogP) is 8.04. The molecule has 0 saturated heterocycles. The first kappa shape index (κ1) is 24.5. The average Bonchev–Trinajstić information content (AvgIpc) is 3.29. The number of fused-ring (bicyclic) bond motifs is 3. The van der Waals surface area contributed by atoms with E-state index in [4.69, 9.17) is 8.83 Å². The van der Waals surface area contributed by atoms with Gasteiger partial charge in [-0.1, -0.05) is 109 Å². The molecule has 2 aromatic heterocycles. The molecule has 2 heterocycles. The summed E-state index contributed by atoms with van der Waals surface area (Å²) in [6.07, 6.45) is 0. The summed E-state index contributed by atoms with van der Waals surface area (Å²) in [5.74, 6) is 0.606. The van der Waals surface area contributed by atoms with Crippen molar-refractivity contribution >= 4 is 21.9 Å². The first-order valence-corrected chi connectivity index (χ1v) is 12.2. The van der Waals surface area contributed by atoms with Gasteiger partial charge in [-0.05, 0) is 35.4 Å². The second kappa shape index (κ2) is 11.7. The molecule has 0 atom stereocenters. The van der Waals surface area contributed by atoms with Crippen LogP contribution in [0.5, 0.6) is 0 Å². The molecule has 4 heteroatoms. The monoisotopic (exact) mass is 496 g/mol. The summed E-state index contributed by atoms with van der Waals surface area (Å²) in [7, 11) is 0. The highest BCUT2D eigenvalue weighted by molar-refractivity contribution is 5.78. The Labute approximate surface area is 219 Å². The van der Waals surface area contributed by atoms with Gasteiger partial charge in [-0.15, -0.1) is 0 Å². The summed E-state index contributed by atoms with van der Waals surface area (Å²) < 4.78 is 10.6. The average molecular weight is 497 g/mol. The Hall–Kier alpha value is -5.22. The zero-order chi connectivity index (χ0) is 26.2. The van der Waals surface area contributed by atoms with Gasteiger partial charge in [0.2, 0.25) is 0 Å². The minimum absolute atomic E-state index is 0.00861. The smallest absolute Gasteiger partial charge is 0.336 e. The van der Waals surface area contributed by atoms with Crippen molar-refractivity contribution in [1.82, 2.24) is 0 Å². The number of rotatable bonds is 1. The summed E-state index contributed by atoms with van der Waals surface area (Å²) in [6, 6.07) is 45.7. The van der Waals surface area contributed by atoms with Crippen LogP contribution in [0, 0.1) is 0 Å². The summed E-state index contributed by atoms with van der Waals surface area (Å²) in [5.41, 5.74) is 4.48. The van der Waals surface area contributed by atoms with Gasteiger partial charge < -0.3 is 8.83 Å². The van der Waals surface area contributed by atoms with Crippen LogP contribution in [-0.4, -0.2) is 0 Å². The maximum Gasteiger partial charge on any atom is 0.336 e. The van der Waals surface area contributed by atoms with Crippen LogP contribution < -0.4 is 11.1 Å². The number of para-hydroxylation sites is 2. The van der Waals surface area contributed by atoms with Gasteiger partial charge in [-0.25, -0.2) is 4.79 Å². The fourth-order valence-corrected chi connectivity index (χ4v) is 3.99. The van der Waals surface area contributed by atoms with Gasteiger partial charge >= 0.3 is 5.63 Å². The molecular weight excluding hydrogens is 472 g/mol. The van der Waals surface area contributed by atoms with Crippen molar-refractivity contribution in [3.05, 3.63) is 166 Å². The molecule has 4 nitrogen and oxygen atoms in total. The van der Waals surface area contributed by atoms with E-state index < -0.39 is 0 Å². The van der Waals surface area contributed by atoms with Crippen LogP contribution >= 0.6 is 0 Å².